The SMILES string of the molecule is CCNC(=O)N1CCC(Nc2ccc(C)cc2)CC1. The first kappa shape index (κ1) is 13.7. The van der Waals surface area contributed by atoms with Gasteiger partial charge in [0.15, 0.2) is 0 Å². The topological polar surface area (TPSA) is 44.4 Å². The summed E-state index contributed by atoms with van der Waals surface area (Å²) in [4.78, 5) is 13.6. The highest BCUT2D eigenvalue weighted by Gasteiger charge is 2.22. The molecule has 0 bridgehead atoms. The van der Waals surface area contributed by atoms with Crippen LogP contribution in [0.3, 0.4) is 0 Å². The molecule has 2 amide bonds. The average molecular weight is 261 g/mol. The maximum Gasteiger partial charge on any atom is 0.317 e. The van der Waals surface area contributed by atoms with Crippen LogP contribution >= 0.6 is 0 Å². The van der Waals surface area contributed by atoms with Crippen LogP contribution in [0, 0.1) is 6.92 Å². The van der Waals surface area contributed by atoms with E-state index in [0.717, 1.165) is 25.9 Å². The number of nitrogens with zero attached hydrogens (tertiary/aromatic N) is 1. The summed E-state index contributed by atoms with van der Waals surface area (Å²) >= 11 is 0. The first-order valence-corrected chi connectivity index (χ1v) is 7.05. The van der Waals surface area contributed by atoms with Crippen molar-refractivity contribution in [1.82, 2.24) is 10.2 Å². The fourth-order valence-electron chi connectivity index (χ4n) is 2.38. The summed E-state index contributed by atoms with van der Waals surface area (Å²) in [5.74, 6) is 0. The molecule has 1 aliphatic heterocycles. The standard InChI is InChI=1S/C15H23N3O/c1-3-16-15(19)18-10-8-14(9-11-18)17-13-6-4-12(2)5-7-13/h4-7,14,17H,3,8-11H2,1-2H3,(H,16,19). The number of anilines is 1. The number of rotatable bonds is 3. The number of amides is 2. The third kappa shape index (κ3) is 3.88. The van der Waals surface area contributed by atoms with Gasteiger partial charge in [0.25, 0.3) is 0 Å². The van der Waals surface area contributed by atoms with Gasteiger partial charge in [-0.05, 0) is 38.8 Å². The molecular weight excluding hydrogens is 238 g/mol. The first-order valence-electron chi connectivity index (χ1n) is 7.05. The summed E-state index contributed by atoms with van der Waals surface area (Å²) < 4.78 is 0. The molecule has 1 aliphatic rings. The molecule has 2 N–H and O–H groups in total. The zero-order valence-corrected chi connectivity index (χ0v) is 11.8. The molecule has 4 heteroatoms. The Morgan fingerprint density at radius 1 is 1.26 bits per heavy atom. The van der Waals surface area contributed by atoms with Gasteiger partial charge in [0.2, 0.25) is 0 Å². The Balaban J connectivity index is 1.80. The molecule has 0 aromatic heterocycles. The number of benzene rings is 1. The van der Waals surface area contributed by atoms with Crippen LogP contribution in [0.5, 0.6) is 0 Å². The highest BCUT2D eigenvalue weighted by Crippen LogP contribution is 2.17. The number of likely N-dealkylation sites (tertiary alicyclic amines) is 1. The third-order valence-corrected chi connectivity index (χ3v) is 3.53. The van der Waals surface area contributed by atoms with Gasteiger partial charge < -0.3 is 15.5 Å². The second-order valence-electron chi connectivity index (χ2n) is 5.11. The van der Waals surface area contributed by atoms with Gasteiger partial charge in [0, 0.05) is 31.4 Å². The van der Waals surface area contributed by atoms with Gasteiger partial charge in [-0.1, -0.05) is 17.7 Å². The lowest BCUT2D eigenvalue weighted by molar-refractivity contribution is 0.184. The largest absolute Gasteiger partial charge is 0.382 e. The number of hydrogen-bond donors (Lipinski definition) is 2. The molecule has 1 aromatic rings. The van der Waals surface area contributed by atoms with Crippen LogP contribution in [0.25, 0.3) is 0 Å². The molecule has 2 rings (SSSR count). The van der Waals surface area contributed by atoms with Crippen LogP contribution in [-0.2, 0) is 0 Å². The van der Waals surface area contributed by atoms with E-state index in [0.29, 0.717) is 12.6 Å². The van der Waals surface area contributed by atoms with E-state index in [1.165, 1.54) is 11.3 Å². The molecule has 0 spiro atoms. The van der Waals surface area contributed by atoms with E-state index in [1.807, 2.05) is 11.8 Å². The molecule has 0 unspecified atom stereocenters. The number of hydrogen-bond acceptors (Lipinski definition) is 2. The summed E-state index contributed by atoms with van der Waals surface area (Å²) in [6.45, 7) is 6.39. The molecule has 1 aromatic carbocycles. The van der Waals surface area contributed by atoms with Crippen LogP contribution in [0.15, 0.2) is 24.3 Å². The van der Waals surface area contributed by atoms with Crippen molar-refractivity contribution in [2.45, 2.75) is 32.7 Å². The molecule has 1 fully saturated rings. The van der Waals surface area contributed by atoms with Gasteiger partial charge in [0.05, 0.1) is 0 Å². The van der Waals surface area contributed by atoms with E-state index in [1.54, 1.807) is 0 Å². The Morgan fingerprint density at radius 3 is 2.47 bits per heavy atom. The van der Waals surface area contributed by atoms with E-state index < -0.39 is 0 Å². The average Bonchev–Trinajstić information content (AvgIpc) is 2.42. The number of carbonyl (C=O) groups excluding carboxylic acids is 1. The normalized spacial score (nSPS) is 16.2. The Labute approximate surface area is 115 Å². The number of carbonyl (C=O) groups is 1. The highest BCUT2D eigenvalue weighted by molar-refractivity contribution is 5.74. The Hall–Kier alpha value is -1.71. The van der Waals surface area contributed by atoms with Crippen molar-refractivity contribution in [2.24, 2.45) is 0 Å². The number of nitrogens with one attached hydrogen (secondary N) is 2. The van der Waals surface area contributed by atoms with Crippen LogP contribution < -0.4 is 10.6 Å². The Morgan fingerprint density at radius 2 is 1.89 bits per heavy atom. The smallest absolute Gasteiger partial charge is 0.317 e. The minimum Gasteiger partial charge on any atom is -0.382 e. The van der Waals surface area contributed by atoms with E-state index >= 15 is 0 Å². The van der Waals surface area contributed by atoms with Crippen LogP contribution in [0.4, 0.5) is 10.5 Å². The third-order valence-electron chi connectivity index (χ3n) is 3.53. The minimum absolute atomic E-state index is 0.0660. The zero-order valence-electron chi connectivity index (χ0n) is 11.8. The number of piperidine rings is 1. The predicted octanol–water partition coefficient (Wildman–Crippen LogP) is 2.60. The molecule has 19 heavy (non-hydrogen) atoms. The molecule has 1 saturated heterocycles. The van der Waals surface area contributed by atoms with E-state index in [4.69, 9.17) is 0 Å². The molecule has 0 radical (unpaired) electrons. The fourth-order valence-corrected chi connectivity index (χ4v) is 2.38. The van der Waals surface area contributed by atoms with E-state index in [2.05, 4.69) is 41.8 Å². The quantitative estimate of drug-likeness (QED) is 0.878. The molecule has 4 nitrogen and oxygen atoms in total. The summed E-state index contributed by atoms with van der Waals surface area (Å²) in [5.41, 5.74) is 2.44. The summed E-state index contributed by atoms with van der Waals surface area (Å²) in [6.07, 6.45) is 2.01. The second kappa shape index (κ2) is 6.45. The van der Waals surface area contributed by atoms with Crippen molar-refractivity contribution in [2.75, 3.05) is 25.0 Å². The first-order chi connectivity index (χ1) is 9.19. The highest BCUT2D eigenvalue weighted by atomic mass is 16.2. The van der Waals surface area contributed by atoms with Crippen molar-refractivity contribution in [3.63, 3.8) is 0 Å². The predicted molar refractivity (Wildman–Crippen MR) is 78.5 cm³/mol. The van der Waals surface area contributed by atoms with Gasteiger partial charge >= 0.3 is 6.03 Å². The van der Waals surface area contributed by atoms with Crippen LogP contribution in [-0.4, -0.2) is 36.6 Å². The Kier molecular flexibility index (Phi) is 4.66. The van der Waals surface area contributed by atoms with Gasteiger partial charge in [-0.3, -0.25) is 0 Å². The summed E-state index contributed by atoms with van der Waals surface area (Å²) in [5, 5.41) is 6.39. The van der Waals surface area contributed by atoms with Crippen molar-refractivity contribution >= 4 is 11.7 Å². The molecule has 104 valence electrons. The molecule has 0 aliphatic carbocycles. The van der Waals surface area contributed by atoms with E-state index in [9.17, 15) is 4.79 Å². The number of urea groups is 1. The van der Waals surface area contributed by atoms with Gasteiger partial charge in [-0.15, -0.1) is 0 Å². The maximum absolute atomic E-state index is 11.7. The zero-order chi connectivity index (χ0) is 13.7. The monoisotopic (exact) mass is 261 g/mol. The molecular formula is C15H23N3O. The lowest BCUT2D eigenvalue weighted by Crippen LogP contribution is -2.46. The van der Waals surface area contributed by atoms with Crippen LogP contribution in [0.2, 0.25) is 0 Å². The van der Waals surface area contributed by atoms with Crippen molar-refractivity contribution < 1.29 is 4.79 Å². The van der Waals surface area contributed by atoms with Crippen molar-refractivity contribution in [3.8, 4) is 0 Å². The lowest BCUT2D eigenvalue weighted by atomic mass is 10.0. The maximum atomic E-state index is 11.7. The van der Waals surface area contributed by atoms with Crippen molar-refractivity contribution in [1.29, 1.82) is 0 Å². The van der Waals surface area contributed by atoms with Crippen LogP contribution in [0.1, 0.15) is 25.3 Å². The fraction of sp³-hybridized carbons (Fsp3) is 0.533. The lowest BCUT2D eigenvalue weighted by Gasteiger charge is -2.32. The van der Waals surface area contributed by atoms with Gasteiger partial charge in [0.1, 0.15) is 0 Å². The molecule has 0 atom stereocenters. The Bertz CT molecular complexity index is 408. The molecule has 1 heterocycles. The second-order valence-corrected chi connectivity index (χ2v) is 5.11. The van der Waals surface area contributed by atoms with E-state index in [-0.39, 0.29) is 6.03 Å². The van der Waals surface area contributed by atoms with Crippen molar-refractivity contribution in [3.05, 3.63) is 29.8 Å². The number of aryl methyl sites for hydroxylation is 1. The van der Waals surface area contributed by atoms with Gasteiger partial charge in [-0.2, -0.15) is 0 Å². The summed E-state index contributed by atoms with van der Waals surface area (Å²) in [6, 6.07) is 9.00. The minimum atomic E-state index is 0.0660. The summed E-state index contributed by atoms with van der Waals surface area (Å²) in [7, 11) is 0. The molecule has 0 saturated carbocycles. The van der Waals surface area contributed by atoms with Gasteiger partial charge in [-0.25, -0.2) is 4.79 Å².